The van der Waals surface area contributed by atoms with Crippen LogP contribution in [0.4, 0.5) is 0 Å². The van der Waals surface area contributed by atoms with Gasteiger partial charge in [-0.15, -0.1) is 0 Å². The van der Waals surface area contributed by atoms with Gasteiger partial charge in [-0.25, -0.2) is 0 Å². The Balaban J connectivity index is 1.65. The first kappa shape index (κ1) is 13.8. The smallest absolute Gasteiger partial charge is 0.250 e. The quantitative estimate of drug-likeness (QED) is 0.638. The van der Waals surface area contributed by atoms with Crippen molar-refractivity contribution in [1.29, 1.82) is 0 Å². The molecular formula is C14H18N2O2S. The molecule has 0 aliphatic carbocycles. The largest absolute Gasteiger partial charge is 0.494 e. The van der Waals surface area contributed by atoms with Crippen LogP contribution in [-0.2, 0) is 4.79 Å². The van der Waals surface area contributed by atoms with Crippen LogP contribution in [0.25, 0.3) is 0 Å². The molecule has 102 valence electrons. The third kappa shape index (κ3) is 3.67. The van der Waals surface area contributed by atoms with E-state index in [9.17, 15) is 4.79 Å². The van der Waals surface area contributed by atoms with Gasteiger partial charge >= 0.3 is 0 Å². The molecule has 1 N–H and O–H groups in total. The second kappa shape index (κ2) is 6.52. The molecule has 1 aromatic rings. The Morgan fingerprint density at radius 1 is 1.32 bits per heavy atom. The summed E-state index contributed by atoms with van der Waals surface area (Å²) in [4.78, 5) is 13.4. The molecule has 0 aromatic heterocycles. The van der Waals surface area contributed by atoms with Crippen molar-refractivity contribution in [1.82, 2.24) is 10.2 Å². The highest BCUT2D eigenvalue weighted by Crippen LogP contribution is 2.10. The van der Waals surface area contributed by atoms with Crippen LogP contribution >= 0.6 is 12.2 Å². The summed E-state index contributed by atoms with van der Waals surface area (Å²) in [6, 6.07) is 9.54. The maximum atomic E-state index is 11.7. The fourth-order valence-electron chi connectivity index (χ4n) is 1.95. The third-order valence-electron chi connectivity index (χ3n) is 3.01. The molecule has 1 aliphatic heterocycles. The van der Waals surface area contributed by atoms with Crippen LogP contribution in [0.1, 0.15) is 19.8 Å². The van der Waals surface area contributed by atoms with Crippen LogP contribution in [0, 0.1) is 0 Å². The fraction of sp³-hybridized carbons (Fsp3) is 0.429. The van der Waals surface area contributed by atoms with Crippen molar-refractivity contribution >= 4 is 23.2 Å². The van der Waals surface area contributed by atoms with E-state index < -0.39 is 0 Å². The second-order valence-corrected chi connectivity index (χ2v) is 4.92. The van der Waals surface area contributed by atoms with Gasteiger partial charge in [0.15, 0.2) is 5.11 Å². The lowest BCUT2D eigenvalue weighted by Gasteiger charge is -2.14. The van der Waals surface area contributed by atoms with Gasteiger partial charge in [0.05, 0.1) is 6.61 Å². The normalized spacial score (nSPS) is 18.6. The van der Waals surface area contributed by atoms with Gasteiger partial charge < -0.3 is 10.1 Å². The topological polar surface area (TPSA) is 41.6 Å². The number of ether oxygens (including phenoxy) is 1. The highest BCUT2D eigenvalue weighted by atomic mass is 32.1. The number of nitrogens with one attached hydrogen (secondary N) is 1. The zero-order valence-corrected chi connectivity index (χ0v) is 11.8. The molecule has 0 radical (unpaired) electrons. The van der Waals surface area contributed by atoms with Crippen LogP contribution in [-0.4, -0.2) is 35.1 Å². The lowest BCUT2D eigenvalue weighted by Crippen LogP contribution is -2.32. The lowest BCUT2D eigenvalue weighted by atomic mass is 10.3. The van der Waals surface area contributed by atoms with E-state index in [0.29, 0.717) is 18.3 Å². The van der Waals surface area contributed by atoms with E-state index in [1.807, 2.05) is 37.3 Å². The van der Waals surface area contributed by atoms with Crippen LogP contribution in [0.15, 0.2) is 30.3 Å². The van der Waals surface area contributed by atoms with E-state index in [0.717, 1.165) is 18.6 Å². The van der Waals surface area contributed by atoms with E-state index in [1.165, 1.54) is 0 Å². The summed E-state index contributed by atoms with van der Waals surface area (Å²) in [5.74, 6) is 0.944. The first-order valence-electron chi connectivity index (χ1n) is 6.48. The summed E-state index contributed by atoms with van der Waals surface area (Å²) in [5.41, 5.74) is 0. The average Bonchev–Trinajstić information content (AvgIpc) is 2.65. The summed E-state index contributed by atoms with van der Waals surface area (Å²) >= 11 is 5.11. The summed E-state index contributed by atoms with van der Waals surface area (Å²) in [6.07, 6.45) is 1.78. The van der Waals surface area contributed by atoms with Gasteiger partial charge in [-0.1, -0.05) is 18.2 Å². The molecule has 1 fully saturated rings. The zero-order chi connectivity index (χ0) is 13.7. The summed E-state index contributed by atoms with van der Waals surface area (Å²) < 4.78 is 5.59. The predicted octanol–water partition coefficient (Wildman–Crippen LogP) is 1.95. The number of hydrogen-bond acceptors (Lipinski definition) is 3. The Labute approximate surface area is 118 Å². The van der Waals surface area contributed by atoms with Gasteiger partial charge in [0, 0.05) is 6.54 Å². The number of amides is 1. The van der Waals surface area contributed by atoms with Crippen LogP contribution < -0.4 is 10.1 Å². The van der Waals surface area contributed by atoms with Crippen molar-refractivity contribution in [3.8, 4) is 5.75 Å². The molecule has 1 saturated heterocycles. The predicted molar refractivity (Wildman–Crippen MR) is 78.1 cm³/mol. The zero-order valence-electron chi connectivity index (χ0n) is 11.0. The molecule has 0 unspecified atom stereocenters. The third-order valence-corrected chi connectivity index (χ3v) is 3.35. The summed E-state index contributed by atoms with van der Waals surface area (Å²) in [6.45, 7) is 3.14. The number of benzene rings is 1. The van der Waals surface area contributed by atoms with Crippen LogP contribution in [0.5, 0.6) is 5.75 Å². The molecule has 0 bridgehead atoms. The first-order chi connectivity index (χ1) is 9.18. The maximum absolute atomic E-state index is 11.7. The lowest BCUT2D eigenvalue weighted by molar-refractivity contribution is -0.126. The van der Waals surface area contributed by atoms with Crippen molar-refractivity contribution in [2.45, 2.75) is 25.8 Å². The van der Waals surface area contributed by atoms with E-state index in [2.05, 4.69) is 5.32 Å². The molecular weight excluding hydrogens is 260 g/mol. The van der Waals surface area contributed by atoms with Crippen molar-refractivity contribution in [2.24, 2.45) is 0 Å². The van der Waals surface area contributed by atoms with Gasteiger partial charge in [-0.2, -0.15) is 0 Å². The molecule has 2 rings (SSSR count). The minimum atomic E-state index is -0.187. The van der Waals surface area contributed by atoms with Gasteiger partial charge in [-0.05, 0) is 44.1 Å². The second-order valence-electron chi connectivity index (χ2n) is 4.53. The molecule has 19 heavy (non-hydrogen) atoms. The van der Waals surface area contributed by atoms with Gasteiger partial charge in [0.1, 0.15) is 11.8 Å². The number of nitrogens with zero attached hydrogens (tertiary/aromatic N) is 1. The van der Waals surface area contributed by atoms with Crippen molar-refractivity contribution in [2.75, 3.05) is 13.2 Å². The van der Waals surface area contributed by atoms with E-state index in [4.69, 9.17) is 17.0 Å². The van der Waals surface area contributed by atoms with E-state index >= 15 is 0 Å². The Morgan fingerprint density at radius 3 is 2.68 bits per heavy atom. The standard InChI is InChI=1S/C14H18N2O2S/c1-11-13(17)16(14(19)15-11)9-5-6-10-18-12-7-3-2-4-8-12/h2-4,7-8,11H,5-6,9-10H2,1H3,(H,15,19)/t11-/m0/s1. The number of para-hydroxylation sites is 1. The Kier molecular flexibility index (Phi) is 4.74. The monoisotopic (exact) mass is 278 g/mol. The number of thiocarbonyl (C=S) groups is 1. The van der Waals surface area contributed by atoms with Crippen molar-refractivity contribution in [3.05, 3.63) is 30.3 Å². The number of hydrogen-bond donors (Lipinski definition) is 1. The van der Waals surface area contributed by atoms with Crippen molar-refractivity contribution in [3.63, 3.8) is 0 Å². The van der Waals surface area contributed by atoms with Crippen molar-refractivity contribution < 1.29 is 9.53 Å². The number of carbonyl (C=O) groups excluding carboxylic acids is 1. The molecule has 5 heteroatoms. The molecule has 1 heterocycles. The summed E-state index contributed by atoms with van der Waals surface area (Å²) in [7, 11) is 0. The molecule has 1 amide bonds. The number of unbranched alkanes of at least 4 members (excludes halogenated alkanes) is 1. The minimum absolute atomic E-state index is 0.0639. The van der Waals surface area contributed by atoms with Crippen LogP contribution in [0.3, 0.4) is 0 Å². The average molecular weight is 278 g/mol. The van der Waals surface area contributed by atoms with Gasteiger partial charge in [-0.3, -0.25) is 9.69 Å². The number of carbonyl (C=O) groups is 1. The molecule has 0 saturated carbocycles. The molecule has 1 atom stereocenters. The van der Waals surface area contributed by atoms with Gasteiger partial charge in [0.2, 0.25) is 0 Å². The molecule has 4 nitrogen and oxygen atoms in total. The first-order valence-corrected chi connectivity index (χ1v) is 6.89. The Bertz CT molecular complexity index is 450. The molecule has 1 aromatic carbocycles. The highest BCUT2D eigenvalue weighted by Gasteiger charge is 2.31. The maximum Gasteiger partial charge on any atom is 0.250 e. The van der Waals surface area contributed by atoms with Gasteiger partial charge in [0.25, 0.3) is 5.91 Å². The van der Waals surface area contributed by atoms with E-state index in [1.54, 1.807) is 4.90 Å². The van der Waals surface area contributed by atoms with Crippen LogP contribution in [0.2, 0.25) is 0 Å². The fourth-order valence-corrected chi connectivity index (χ4v) is 2.31. The minimum Gasteiger partial charge on any atom is -0.494 e. The Morgan fingerprint density at radius 2 is 2.05 bits per heavy atom. The molecule has 1 aliphatic rings. The SMILES string of the molecule is C[C@@H]1NC(=S)N(CCCCOc2ccccc2)C1=O. The summed E-state index contributed by atoms with van der Waals surface area (Å²) in [5, 5.41) is 3.50. The molecule has 0 spiro atoms. The number of rotatable bonds is 6. The highest BCUT2D eigenvalue weighted by molar-refractivity contribution is 7.80. The Hall–Kier alpha value is -1.62. The van der Waals surface area contributed by atoms with E-state index in [-0.39, 0.29) is 11.9 Å².